The van der Waals surface area contributed by atoms with Crippen LogP contribution in [0.2, 0.25) is 0 Å². The van der Waals surface area contributed by atoms with Crippen LogP contribution in [0, 0.1) is 0 Å². The number of ether oxygens (including phenoxy) is 1. The zero-order valence-electron chi connectivity index (χ0n) is 10.8. The van der Waals surface area contributed by atoms with E-state index in [2.05, 4.69) is 16.0 Å². The molecule has 1 unspecified atom stereocenters. The molecule has 0 saturated heterocycles. The summed E-state index contributed by atoms with van der Waals surface area (Å²) in [7, 11) is 0. The summed E-state index contributed by atoms with van der Waals surface area (Å²) in [5.74, 6) is -0.849. The fourth-order valence-electron chi connectivity index (χ4n) is 2.49. The van der Waals surface area contributed by atoms with Gasteiger partial charge in [0.1, 0.15) is 6.10 Å². The summed E-state index contributed by atoms with van der Waals surface area (Å²) >= 11 is 0. The molecule has 20 heavy (non-hydrogen) atoms. The molecule has 1 N–H and O–H groups in total. The normalized spacial score (nSPS) is 17.3. The van der Waals surface area contributed by atoms with Crippen molar-refractivity contribution >= 4 is 5.97 Å². The molecule has 0 saturated carbocycles. The Bertz CT molecular complexity index is 643. The molecule has 2 aromatic rings. The minimum Gasteiger partial charge on any atom is -0.476 e. The van der Waals surface area contributed by atoms with Crippen LogP contribution in [0.1, 0.15) is 40.6 Å². The maximum Gasteiger partial charge on any atom is 0.356 e. The second-order valence-corrected chi connectivity index (χ2v) is 4.75. The molecule has 0 radical (unpaired) electrons. The molecule has 1 aliphatic carbocycles. The summed E-state index contributed by atoms with van der Waals surface area (Å²) in [4.78, 5) is 18.7. The number of aromatic nitrogens is 2. The fraction of sp³-hybridized carbons (Fsp3) is 0.267. The maximum atomic E-state index is 10.9. The molecule has 1 aromatic carbocycles. The first-order valence-corrected chi connectivity index (χ1v) is 6.54. The highest BCUT2D eigenvalue weighted by atomic mass is 16.5. The highest BCUT2D eigenvalue weighted by Gasteiger charge is 2.22. The van der Waals surface area contributed by atoms with Gasteiger partial charge in [-0.1, -0.05) is 24.3 Å². The van der Waals surface area contributed by atoms with E-state index in [-0.39, 0.29) is 17.7 Å². The molecule has 5 nitrogen and oxygen atoms in total. The number of rotatable bonds is 3. The van der Waals surface area contributed by atoms with Crippen molar-refractivity contribution in [3.05, 3.63) is 53.5 Å². The van der Waals surface area contributed by atoms with E-state index in [1.165, 1.54) is 18.0 Å². The molecule has 1 heterocycles. The van der Waals surface area contributed by atoms with E-state index in [9.17, 15) is 4.79 Å². The van der Waals surface area contributed by atoms with Gasteiger partial charge in [0, 0.05) is 0 Å². The first-order chi connectivity index (χ1) is 9.74. The quantitative estimate of drug-likeness (QED) is 0.928. The summed E-state index contributed by atoms with van der Waals surface area (Å²) in [6.07, 6.45) is 5.58. The number of carboxylic acid groups (broad SMARTS) is 1. The third kappa shape index (κ3) is 2.47. The largest absolute Gasteiger partial charge is 0.476 e. The van der Waals surface area contributed by atoms with Crippen LogP contribution >= 0.6 is 0 Å². The molecule has 0 bridgehead atoms. The van der Waals surface area contributed by atoms with E-state index in [1.807, 2.05) is 18.2 Å². The highest BCUT2D eigenvalue weighted by molar-refractivity contribution is 5.84. The van der Waals surface area contributed by atoms with E-state index < -0.39 is 5.97 Å². The summed E-state index contributed by atoms with van der Waals surface area (Å²) < 4.78 is 5.84. The van der Waals surface area contributed by atoms with Crippen molar-refractivity contribution in [2.24, 2.45) is 0 Å². The van der Waals surface area contributed by atoms with Gasteiger partial charge >= 0.3 is 5.97 Å². The first kappa shape index (κ1) is 12.6. The van der Waals surface area contributed by atoms with Crippen LogP contribution in [0.25, 0.3) is 0 Å². The Hall–Kier alpha value is -2.43. The molecule has 0 fully saturated rings. The predicted molar refractivity (Wildman–Crippen MR) is 71.7 cm³/mol. The number of hydrogen-bond acceptors (Lipinski definition) is 4. The highest BCUT2D eigenvalue weighted by Crippen LogP contribution is 2.32. The molecular formula is C15H14N2O3. The lowest BCUT2D eigenvalue weighted by Gasteiger charge is -2.25. The zero-order valence-corrected chi connectivity index (χ0v) is 10.8. The number of fused-ring (bicyclic) bond motifs is 1. The fourth-order valence-corrected chi connectivity index (χ4v) is 2.49. The Balaban J connectivity index is 1.85. The molecule has 0 amide bonds. The Morgan fingerprint density at radius 3 is 3.00 bits per heavy atom. The van der Waals surface area contributed by atoms with Crippen LogP contribution < -0.4 is 4.74 Å². The average molecular weight is 270 g/mol. The summed E-state index contributed by atoms with van der Waals surface area (Å²) in [5, 5.41) is 8.91. The standard InChI is InChI=1S/C15H14N2O3/c18-15(19)12-8-16-9-14(17-12)20-13-7-3-5-10-4-1-2-6-11(10)13/h1-2,4,6,8-9,13H,3,5,7H2,(H,18,19). The number of benzene rings is 1. The average Bonchev–Trinajstić information content (AvgIpc) is 2.48. The van der Waals surface area contributed by atoms with Gasteiger partial charge in [0.25, 0.3) is 0 Å². The number of aromatic carboxylic acids is 1. The van der Waals surface area contributed by atoms with Crippen molar-refractivity contribution in [3.63, 3.8) is 0 Å². The topological polar surface area (TPSA) is 72.3 Å². The summed E-state index contributed by atoms with van der Waals surface area (Å²) in [6.45, 7) is 0. The lowest BCUT2D eigenvalue weighted by Crippen LogP contribution is -2.16. The van der Waals surface area contributed by atoms with Gasteiger partial charge in [0.05, 0.1) is 12.4 Å². The molecule has 0 aliphatic heterocycles. The van der Waals surface area contributed by atoms with E-state index in [0.717, 1.165) is 24.8 Å². The lowest BCUT2D eigenvalue weighted by atomic mass is 9.89. The van der Waals surface area contributed by atoms with Gasteiger partial charge in [-0.25, -0.2) is 9.78 Å². The predicted octanol–water partition coefficient (Wildman–Crippen LogP) is 2.63. The maximum absolute atomic E-state index is 10.9. The lowest BCUT2D eigenvalue weighted by molar-refractivity contribution is 0.0687. The number of carboxylic acids is 1. The van der Waals surface area contributed by atoms with Crippen LogP contribution in [-0.4, -0.2) is 21.0 Å². The Labute approximate surface area is 116 Å². The van der Waals surface area contributed by atoms with Gasteiger partial charge in [0.15, 0.2) is 5.69 Å². The van der Waals surface area contributed by atoms with Crippen LogP contribution in [0.3, 0.4) is 0 Å². The minimum atomic E-state index is -1.10. The third-order valence-corrected chi connectivity index (χ3v) is 3.41. The Morgan fingerprint density at radius 2 is 2.15 bits per heavy atom. The van der Waals surface area contributed by atoms with Gasteiger partial charge in [-0.15, -0.1) is 0 Å². The van der Waals surface area contributed by atoms with Gasteiger partial charge in [-0.05, 0) is 30.4 Å². The molecule has 0 spiro atoms. The number of aryl methyl sites for hydroxylation is 1. The second-order valence-electron chi connectivity index (χ2n) is 4.75. The minimum absolute atomic E-state index is 0.0849. The van der Waals surface area contributed by atoms with Crippen LogP contribution in [0.5, 0.6) is 5.88 Å². The molecule has 3 rings (SSSR count). The third-order valence-electron chi connectivity index (χ3n) is 3.41. The van der Waals surface area contributed by atoms with Gasteiger partial charge in [-0.3, -0.25) is 4.98 Å². The summed E-state index contributed by atoms with van der Waals surface area (Å²) in [6, 6.07) is 8.16. The van der Waals surface area contributed by atoms with Crippen molar-refractivity contribution in [3.8, 4) is 5.88 Å². The van der Waals surface area contributed by atoms with Gasteiger partial charge in [0.2, 0.25) is 5.88 Å². The summed E-state index contributed by atoms with van der Waals surface area (Å²) in [5.41, 5.74) is 2.33. The molecule has 102 valence electrons. The van der Waals surface area contributed by atoms with E-state index >= 15 is 0 Å². The van der Waals surface area contributed by atoms with Gasteiger partial charge < -0.3 is 9.84 Å². The number of carbonyl (C=O) groups is 1. The van der Waals surface area contributed by atoms with Crippen LogP contribution in [0.4, 0.5) is 0 Å². The van der Waals surface area contributed by atoms with Crippen molar-refractivity contribution in [2.45, 2.75) is 25.4 Å². The molecule has 1 aromatic heterocycles. The van der Waals surface area contributed by atoms with Crippen molar-refractivity contribution in [1.82, 2.24) is 9.97 Å². The molecule has 5 heteroatoms. The van der Waals surface area contributed by atoms with E-state index in [1.54, 1.807) is 0 Å². The monoisotopic (exact) mass is 270 g/mol. The zero-order chi connectivity index (χ0) is 13.9. The Kier molecular flexibility index (Phi) is 3.33. The van der Waals surface area contributed by atoms with Crippen molar-refractivity contribution in [2.75, 3.05) is 0 Å². The smallest absolute Gasteiger partial charge is 0.356 e. The number of nitrogens with zero attached hydrogens (tertiary/aromatic N) is 2. The second kappa shape index (κ2) is 5.28. The molecular weight excluding hydrogens is 256 g/mol. The van der Waals surface area contributed by atoms with Crippen LogP contribution in [0.15, 0.2) is 36.7 Å². The van der Waals surface area contributed by atoms with E-state index in [4.69, 9.17) is 9.84 Å². The first-order valence-electron chi connectivity index (χ1n) is 6.54. The van der Waals surface area contributed by atoms with Crippen LogP contribution in [-0.2, 0) is 6.42 Å². The number of hydrogen-bond donors (Lipinski definition) is 1. The SMILES string of the molecule is O=C(O)c1cncc(OC2CCCc3ccccc32)n1. The van der Waals surface area contributed by atoms with Gasteiger partial charge in [-0.2, -0.15) is 0 Å². The molecule has 1 aliphatic rings. The molecule has 1 atom stereocenters. The van der Waals surface area contributed by atoms with E-state index in [0.29, 0.717) is 0 Å². The van der Waals surface area contributed by atoms with Crippen molar-refractivity contribution in [1.29, 1.82) is 0 Å². The Morgan fingerprint density at radius 1 is 1.30 bits per heavy atom. The van der Waals surface area contributed by atoms with Crippen molar-refractivity contribution < 1.29 is 14.6 Å².